The van der Waals surface area contributed by atoms with Gasteiger partial charge in [0.25, 0.3) is 0 Å². The van der Waals surface area contributed by atoms with Crippen LogP contribution in [0, 0.1) is 5.92 Å². The summed E-state index contributed by atoms with van der Waals surface area (Å²) in [7, 11) is 1.62. The fraction of sp³-hybridized carbons (Fsp3) is 0.333. The Morgan fingerprint density at radius 2 is 2.09 bits per heavy atom. The number of hydrogen-bond donors (Lipinski definition) is 5. The SMILES string of the molecule is COc1ccc2c(c1)CCC2C(CS)C(=O)NC(Cc1c[nH]c2ccc(O)cc12)C(=O)O. The number of phenols is 1. The summed E-state index contributed by atoms with van der Waals surface area (Å²) in [6, 6.07) is 9.65. The van der Waals surface area contributed by atoms with Gasteiger partial charge in [0.05, 0.1) is 13.0 Å². The van der Waals surface area contributed by atoms with Gasteiger partial charge >= 0.3 is 5.97 Å². The molecule has 1 aliphatic rings. The molecular weight excluding hydrogens is 428 g/mol. The van der Waals surface area contributed by atoms with E-state index in [1.807, 2.05) is 18.2 Å². The molecule has 168 valence electrons. The van der Waals surface area contributed by atoms with Gasteiger partial charge in [0, 0.05) is 29.3 Å². The van der Waals surface area contributed by atoms with Gasteiger partial charge < -0.3 is 25.3 Å². The zero-order chi connectivity index (χ0) is 22.8. The van der Waals surface area contributed by atoms with Crippen molar-refractivity contribution in [3.63, 3.8) is 0 Å². The van der Waals surface area contributed by atoms with Crippen LogP contribution in [0.5, 0.6) is 11.5 Å². The highest BCUT2D eigenvalue weighted by atomic mass is 32.1. The minimum Gasteiger partial charge on any atom is -0.508 e. The van der Waals surface area contributed by atoms with Crippen molar-refractivity contribution in [3.05, 3.63) is 59.3 Å². The molecule has 0 spiro atoms. The summed E-state index contributed by atoms with van der Waals surface area (Å²) < 4.78 is 5.30. The van der Waals surface area contributed by atoms with Crippen LogP contribution >= 0.6 is 12.6 Å². The fourth-order valence-electron chi connectivity index (χ4n) is 4.60. The highest BCUT2D eigenvalue weighted by molar-refractivity contribution is 7.80. The number of thiol groups is 1. The molecule has 3 aromatic rings. The first-order valence-corrected chi connectivity index (χ1v) is 11.1. The van der Waals surface area contributed by atoms with Gasteiger partial charge in [-0.25, -0.2) is 4.79 Å². The van der Waals surface area contributed by atoms with E-state index >= 15 is 0 Å². The van der Waals surface area contributed by atoms with E-state index in [0.29, 0.717) is 11.3 Å². The van der Waals surface area contributed by atoms with Gasteiger partial charge in [0.15, 0.2) is 0 Å². The molecule has 2 aromatic carbocycles. The van der Waals surface area contributed by atoms with Crippen LogP contribution in [-0.4, -0.2) is 46.0 Å². The number of aliphatic carboxylic acids is 1. The lowest BCUT2D eigenvalue weighted by molar-refractivity contribution is -0.142. The van der Waals surface area contributed by atoms with Gasteiger partial charge in [0.1, 0.15) is 17.5 Å². The van der Waals surface area contributed by atoms with Crippen LogP contribution < -0.4 is 10.1 Å². The topological polar surface area (TPSA) is 112 Å². The van der Waals surface area contributed by atoms with Crippen LogP contribution in [0.2, 0.25) is 0 Å². The molecule has 0 saturated heterocycles. The average molecular weight is 455 g/mol. The lowest BCUT2D eigenvalue weighted by Gasteiger charge is -2.24. The van der Waals surface area contributed by atoms with Crippen LogP contribution in [0.25, 0.3) is 10.9 Å². The van der Waals surface area contributed by atoms with Crippen molar-refractivity contribution in [2.75, 3.05) is 12.9 Å². The van der Waals surface area contributed by atoms with Crippen LogP contribution in [0.15, 0.2) is 42.6 Å². The first-order chi connectivity index (χ1) is 15.4. The van der Waals surface area contributed by atoms with Crippen molar-refractivity contribution >= 4 is 35.4 Å². The van der Waals surface area contributed by atoms with E-state index < -0.39 is 17.9 Å². The van der Waals surface area contributed by atoms with Crippen molar-refractivity contribution < 1.29 is 24.5 Å². The number of benzene rings is 2. The fourth-order valence-corrected chi connectivity index (χ4v) is 5.02. The summed E-state index contributed by atoms with van der Waals surface area (Å²) in [6.07, 6.45) is 3.46. The second-order valence-corrected chi connectivity index (χ2v) is 8.51. The predicted molar refractivity (Wildman–Crippen MR) is 125 cm³/mol. The van der Waals surface area contributed by atoms with E-state index in [1.54, 1.807) is 31.5 Å². The number of carboxylic acid groups (broad SMARTS) is 1. The van der Waals surface area contributed by atoms with E-state index in [2.05, 4.69) is 22.9 Å². The van der Waals surface area contributed by atoms with Gasteiger partial charge in [-0.3, -0.25) is 4.79 Å². The minimum atomic E-state index is -1.11. The van der Waals surface area contributed by atoms with E-state index in [4.69, 9.17) is 4.74 Å². The van der Waals surface area contributed by atoms with E-state index in [-0.39, 0.29) is 24.0 Å². The number of H-pyrrole nitrogens is 1. The lowest BCUT2D eigenvalue weighted by atomic mass is 9.87. The monoisotopic (exact) mass is 454 g/mol. The Morgan fingerprint density at radius 1 is 1.28 bits per heavy atom. The Hall–Kier alpha value is -3.13. The highest BCUT2D eigenvalue weighted by Crippen LogP contribution is 2.40. The molecule has 3 unspecified atom stereocenters. The van der Waals surface area contributed by atoms with E-state index in [9.17, 15) is 19.8 Å². The second kappa shape index (κ2) is 9.16. The maximum Gasteiger partial charge on any atom is 0.326 e. The molecule has 0 fully saturated rings. The van der Waals surface area contributed by atoms with Crippen LogP contribution in [0.1, 0.15) is 29.0 Å². The number of ether oxygens (including phenoxy) is 1. The minimum absolute atomic E-state index is 0.0205. The van der Waals surface area contributed by atoms with Crippen LogP contribution in [0.4, 0.5) is 0 Å². The first kappa shape index (κ1) is 22.1. The number of carbonyl (C=O) groups excluding carboxylic acids is 1. The zero-order valence-corrected chi connectivity index (χ0v) is 18.6. The summed E-state index contributed by atoms with van der Waals surface area (Å²) >= 11 is 4.42. The molecular formula is C24H26N2O5S. The highest BCUT2D eigenvalue weighted by Gasteiger charge is 2.35. The summed E-state index contributed by atoms with van der Waals surface area (Å²) in [6.45, 7) is 0. The summed E-state index contributed by atoms with van der Waals surface area (Å²) in [5.74, 6) is -0.691. The van der Waals surface area contributed by atoms with Crippen molar-refractivity contribution in [2.45, 2.75) is 31.2 Å². The average Bonchev–Trinajstić information content (AvgIpc) is 3.37. The molecule has 0 bridgehead atoms. The van der Waals surface area contributed by atoms with E-state index in [1.165, 1.54) is 0 Å². The molecule has 0 saturated carbocycles. The summed E-state index contributed by atoms with van der Waals surface area (Å²) in [5, 5.41) is 23.0. The number of aromatic nitrogens is 1. The summed E-state index contributed by atoms with van der Waals surface area (Å²) in [5.41, 5.74) is 3.75. The molecule has 3 atom stereocenters. The largest absolute Gasteiger partial charge is 0.508 e. The predicted octanol–water partition coefficient (Wildman–Crippen LogP) is 3.27. The van der Waals surface area contributed by atoms with Gasteiger partial charge in [-0.15, -0.1) is 0 Å². The molecule has 0 aliphatic heterocycles. The Morgan fingerprint density at radius 3 is 2.81 bits per heavy atom. The molecule has 4 rings (SSSR count). The number of nitrogens with one attached hydrogen (secondary N) is 2. The van der Waals surface area contributed by atoms with Gasteiger partial charge in [0.2, 0.25) is 5.91 Å². The number of aromatic hydroxyl groups is 1. The quantitative estimate of drug-likeness (QED) is 0.336. The molecule has 0 radical (unpaired) electrons. The molecule has 32 heavy (non-hydrogen) atoms. The number of amides is 1. The normalized spacial score (nSPS) is 17.0. The number of methoxy groups -OCH3 is 1. The number of carboxylic acids is 1. The Labute approximate surface area is 191 Å². The Bertz CT molecular complexity index is 1160. The summed E-state index contributed by atoms with van der Waals surface area (Å²) in [4.78, 5) is 28.2. The van der Waals surface area contributed by atoms with Crippen molar-refractivity contribution in [2.24, 2.45) is 5.92 Å². The van der Waals surface area contributed by atoms with Crippen molar-refractivity contribution in [1.29, 1.82) is 0 Å². The van der Waals surface area contributed by atoms with E-state index in [0.717, 1.165) is 40.6 Å². The third kappa shape index (κ3) is 4.27. The molecule has 1 heterocycles. The van der Waals surface area contributed by atoms with Gasteiger partial charge in [-0.05, 0) is 65.8 Å². The molecule has 1 aromatic heterocycles. The van der Waals surface area contributed by atoms with Gasteiger partial charge in [-0.1, -0.05) is 6.07 Å². The first-order valence-electron chi connectivity index (χ1n) is 10.5. The number of hydrogen-bond acceptors (Lipinski definition) is 5. The zero-order valence-electron chi connectivity index (χ0n) is 17.7. The molecule has 7 nitrogen and oxygen atoms in total. The van der Waals surface area contributed by atoms with Crippen molar-refractivity contribution in [3.8, 4) is 11.5 Å². The molecule has 1 amide bonds. The number of rotatable bonds is 8. The smallest absolute Gasteiger partial charge is 0.326 e. The standard InChI is InChI=1S/C24H26N2O5S/c1-31-16-4-6-17-13(8-16)2-5-18(17)20(12-32)23(28)26-22(24(29)30)9-14-11-25-21-7-3-15(27)10-19(14)21/h3-4,6-8,10-11,18,20,22,25,27,32H,2,5,9,12H2,1H3,(H,26,28)(H,29,30). The number of aromatic amines is 1. The Kier molecular flexibility index (Phi) is 6.32. The maximum atomic E-state index is 13.2. The van der Waals surface area contributed by atoms with Crippen LogP contribution in [0.3, 0.4) is 0 Å². The number of fused-ring (bicyclic) bond motifs is 2. The Balaban J connectivity index is 1.52. The third-order valence-corrected chi connectivity index (χ3v) is 6.68. The second-order valence-electron chi connectivity index (χ2n) is 8.15. The molecule has 8 heteroatoms. The number of phenolic OH excluding ortho intramolecular Hbond substituents is 1. The lowest BCUT2D eigenvalue weighted by Crippen LogP contribution is -2.46. The van der Waals surface area contributed by atoms with Crippen LogP contribution in [-0.2, 0) is 22.4 Å². The third-order valence-electron chi connectivity index (χ3n) is 6.28. The number of carbonyl (C=O) groups is 2. The maximum absolute atomic E-state index is 13.2. The van der Waals surface area contributed by atoms with Crippen molar-refractivity contribution in [1.82, 2.24) is 10.3 Å². The molecule has 1 aliphatic carbocycles. The number of aryl methyl sites for hydroxylation is 1. The van der Waals surface area contributed by atoms with Gasteiger partial charge in [-0.2, -0.15) is 12.6 Å². The molecule has 4 N–H and O–H groups in total.